The lowest BCUT2D eigenvalue weighted by Gasteiger charge is -2.32. The molecule has 1 aromatic rings. The van der Waals surface area contributed by atoms with Gasteiger partial charge in [0.1, 0.15) is 0 Å². The minimum Gasteiger partial charge on any atom is -0.397 e. The molecule has 0 amide bonds. The van der Waals surface area contributed by atoms with Gasteiger partial charge in [-0.3, -0.25) is 4.90 Å². The molecule has 3 heteroatoms. The summed E-state index contributed by atoms with van der Waals surface area (Å²) in [4.78, 5) is 2.58. The van der Waals surface area contributed by atoms with E-state index in [2.05, 4.69) is 53.7 Å². The molecule has 3 nitrogen and oxygen atoms in total. The van der Waals surface area contributed by atoms with Crippen molar-refractivity contribution in [3.63, 3.8) is 0 Å². The highest BCUT2D eigenvalue weighted by Crippen LogP contribution is 2.23. The summed E-state index contributed by atoms with van der Waals surface area (Å²) >= 11 is 0. The van der Waals surface area contributed by atoms with Gasteiger partial charge in [0.2, 0.25) is 0 Å². The summed E-state index contributed by atoms with van der Waals surface area (Å²) in [6.07, 6.45) is 12.3. The van der Waals surface area contributed by atoms with E-state index in [0.29, 0.717) is 5.70 Å². The minimum atomic E-state index is 0.678. The van der Waals surface area contributed by atoms with Crippen LogP contribution in [-0.2, 0) is 6.54 Å². The maximum atomic E-state index is 5.97. The summed E-state index contributed by atoms with van der Waals surface area (Å²) in [5, 5.41) is 3.42. The quantitative estimate of drug-likeness (QED) is 0.486. The molecule has 3 N–H and O–H groups in total. The van der Waals surface area contributed by atoms with Crippen LogP contribution in [0, 0.1) is 5.92 Å². The van der Waals surface area contributed by atoms with Crippen molar-refractivity contribution in [1.82, 2.24) is 10.2 Å². The van der Waals surface area contributed by atoms with Gasteiger partial charge in [-0.15, -0.1) is 0 Å². The van der Waals surface area contributed by atoms with Crippen molar-refractivity contribution in [2.45, 2.75) is 32.2 Å². The SMILES string of the molecule is C=C/C=C\C(NCCCC1CCN(Cc2ccccc2)CC1)=C(\N)C=C. The number of piperidine rings is 1. The number of nitrogens with one attached hydrogen (secondary N) is 1. The van der Waals surface area contributed by atoms with E-state index < -0.39 is 0 Å². The van der Waals surface area contributed by atoms with Crippen molar-refractivity contribution in [2.24, 2.45) is 11.7 Å². The Balaban J connectivity index is 1.66. The van der Waals surface area contributed by atoms with E-state index >= 15 is 0 Å². The lowest BCUT2D eigenvalue weighted by Crippen LogP contribution is -2.33. The fraction of sp³-hybridized carbons (Fsp3) is 0.391. The third-order valence-corrected chi connectivity index (χ3v) is 4.99. The van der Waals surface area contributed by atoms with Gasteiger partial charge < -0.3 is 11.1 Å². The third kappa shape index (κ3) is 6.93. The van der Waals surface area contributed by atoms with Gasteiger partial charge in [0.15, 0.2) is 0 Å². The number of allylic oxidation sites excluding steroid dienone is 4. The Morgan fingerprint density at radius 1 is 1.19 bits per heavy atom. The molecule has 0 unspecified atom stereocenters. The van der Waals surface area contributed by atoms with Crippen molar-refractivity contribution in [1.29, 1.82) is 0 Å². The first-order chi connectivity index (χ1) is 12.7. The molecule has 2 rings (SSSR count). The highest BCUT2D eigenvalue weighted by atomic mass is 15.1. The third-order valence-electron chi connectivity index (χ3n) is 4.99. The number of nitrogens with two attached hydrogens (primary N) is 1. The van der Waals surface area contributed by atoms with Crippen molar-refractivity contribution in [3.05, 3.63) is 84.8 Å². The molecule has 0 aromatic heterocycles. The summed E-state index contributed by atoms with van der Waals surface area (Å²) in [5.41, 5.74) is 8.99. The van der Waals surface area contributed by atoms with Crippen LogP contribution in [0.25, 0.3) is 0 Å². The summed E-state index contributed by atoms with van der Waals surface area (Å²) in [6, 6.07) is 10.8. The highest BCUT2D eigenvalue weighted by Gasteiger charge is 2.18. The Hall–Kier alpha value is -2.26. The summed E-state index contributed by atoms with van der Waals surface area (Å²) in [6.45, 7) is 11.9. The first-order valence-corrected chi connectivity index (χ1v) is 9.64. The van der Waals surface area contributed by atoms with E-state index in [4.69, 9.17) is 5.73 Å². The predicted octanol–water partition coefficient (Wildman–Crippen LogP) is 4.37. The van der Waals surface area contributed by atoms with Gasteiger partial charge in [0.25, 0.3) is 0 Å². The largest absolute Gasteiger partial charge is 0.397 e. The van der Waals surface area contributed by atoms with Crippen LogP contribution in [0.15, 0.2) is 79.2 Å². The lowest BCUT2D eigenvalue weighted by atomic mass is 9.92. The average molecular weight is 352 g/mol. The predicted molar refractivity (Wildman–Crippen MR) is 112 cm³/mol. The molecule has 1 aromatic carbocycles. The van der Waals surface area contributed by atoms with Gasteiger partial charge in [0, 0.05) is 13.1 Å². The second-order valence-corrected chi connectivity index (χ2v) is 6.94. The van der Waals surface area contributed by atoms with Crippen LogP contribution in [0.3, 0.4) is 0 Å². The Labute approximate surface area is 159 Å². The number of hydrogen-bond acceptors (Lipinski definition) is 3. The van der Waals surface area contributed by atoms with E-state index in [9.17, 15) is 0 Å². The van der Waals surface area contributed by atoms with E-state index in [-0.39, 0.29) is 0 Å². The number of benzene rings is 1. The zero-order valence-electron chi connectivity index (χ0n) is 15.9. The zero-order chi connectivity index (χ0) is 18.6. The van der Waals surface area contributed by atoms with Crippen LogP contribution in [0.2, 0.25) is 0 Å². The molecule has 0 bridgehead atoms. The molecule has 1 saturated heterocycles. The number of hydrogen-bond donors (Lipinski definition) is 2. The van der Waals surface area contributed by atoms with Gasteiger partial charge >= 0.3 is 0 Å². The molecular formula is C23H33N3. The fourth-order valence-electron chi connectivity index (χ4n) is 3.42. The van der Waals surface area contributed by atoms with Crippen molar-refractivity contribution >= 4 is 0 Å². The standard InChI is InChI=1S/C23H33N3/c1-3-5-13-23(22(24)4-2)25-16-9-12-20-14-17-26(18-15-20)19-21-10-7-6-8-11-21/h3-8,10-11,13,20,25H,1-2,9,12,14-19,24H2/b13-5-,23-22-. The summed E-state index contributed by atoms with van der Waals surface area (Å²) in [5.74, 6) is 0.844. The second kappa shape index (κ2) is 11.4. The Bertz CT molecular complexity index is 608. The smallest absolute Gasteiger partial charge is 0.0573 e. The van der Waals surface area contributed by atoms with Crippen molar-refractivity contribution in [3.8, 4) is 0 Å². The molecule has 26 heavy (non-hydrogen) atoms. The number of rotatable bonds is 10. The molecule has 0 atom stereocenters. The molecule has 0 spiro atoms. The van der Waals surface area contributed by atoms with E-state index in [1.54, 1.807) is 12.2 Å². The minimum absolute atomic E-state index is 0.678. The van der Waals surface area contributed by atoms with Gasteiger partial charge in [-0.05, 0) is 62.4 Å². The van der Waals surface area contributed by atoms with Gasteiger partial charge in [0.05, 0.1) is 11.4 Å². The molecule has 140 valence electrons. The van der Waals surface area contributed by atoms with Crippen LogP contribution >= 0.6 is 0 Å². The van der Waals surface area contributed by atoms with Crippen LogP contribution in [0.4, 0.5) is 0 Å². The lowest BCUT2D eigenvalue weighted by molar-refractivity contribution is 0.171. The number of likely N-dealkylation sites (tertiary alicyclic amines) is 1. The monoisotopic (exact) mass is 351 g/mol. The van der Waals surface area contributed by atoms with E-state index in [1.165, 1.54) is 44.3 Å². The first kappa shape index (κ1) is 20.1. The Kier molecular flexibility index (Phi) is 8.77. The zero-order valence-corrected chi connectivity index (χ0v) is 15.9. The molecule has 1 aliphatic heterocycles. The first-order valence-electron chi connectivity index (χ1n) is 9.64. The molecule has 0 aliphatic carbocycles. The van der Waals surface area contributed by atoms with Gasteiger partial charge in [-0.1, -0.05) is 55.6 Å². The van der Waals surface area contributed by atoms with Crippen LogP contribution in [0.1, 0.15) is 31.2 Å². The van der Waals surface area contributed by atoms with E-state index in [1.807, 2.05) is 12.2 Å². The van der Waals surface area contributed by atoms with Crippen molar-refractivity contribution < 1.29 is 0 Å². The van der Waals surface area contributed by atoms with Crippen LogP contribution in [0.5, 0.6) is 0 Å². The Morgan fingerprint density at radius 2 is 1.92 bits per heavy atom. The molecule has 1 aliphatic rings. The normalized spacial score (nSPS) is 17.1. The molecule has 0 radical (unpaired) electrons. The summed E-state index contributed by atoms with van der Waals surface area (Å²) in [7, 11) is 0. The van der Waals surface area contributed by atoms with E-state index in [0.717, 1.165) is 24.7 Å². The molecule has 1 heterocycles. The van der Waals surface area contributed by atoms with Crippen LogP contribution < -0.4 is 11.1 Å². The second-order valence-electron chi connectivity index (χ2n) is 6.94. The topological polar surface area (TPSA) is 41.3 Å². The molecule has 0 saturated carbocycles. The van der Waals surface area contributed by atoms with Gasteiger partial charge in [-0.25, -0.2) is 0 Å². The average Bonchev–Trinajstić information content (AvgIpc) is 2.69. The fourth-order valence-corrected chi connectivity index (χ4v) is 3.42. The maximum absolute atomic E-state index is 5.97. The number of nitrogens with zero attached hydrogens (tertiary/aromatic N) is 1. The molecular weight excluding hydrogens is 318 g/mol. The Morgan fingerprint density at radius 3 is 2.58 bits per heavy atom. The maximum Gasteiger partial charge on any atom is 0.0573 e. The highest BCUT2D eigenvalue weighted by molar-refractivity contribution is 5.30. The molecule has 1 fully saturated rings. The van der Waals surface area contributed by atoms with Crippen LogP contribution in [-0.4, -0.2) is 24.5 Å². The van der Waals surface area contributed by atoms with Gasteiger partial charge in [-0.2, -0.15) is 0 Å². The van der Waals surface area contributed by atoms with Crippen molar-refractivity contribution in [2.75, 3.05) is 19.6 Å². The summed E-state index contributed by atoms with van der Waals surface area (Å²) < 4.78 is 0.